The van der Waals surface area contributed by atoms with Gasteiger partial charge < -0.3 is 14.5 Å². The number of H-pyrrole nitrogens is 1. The Morgan fingerprint density at radius 2 is 2.04 bits per heavy atom. The summed E-state index contributed by atoms with van der Waals surface area (Å²) in [4.78, 5) is 24.4. The number of para-hydroxylation sites is 2. The number of hydrogen-bond acceptors (Lipinski definition) is 3. The molecule has 4 heterocycles. The van der Waals surface area contributed by atoms with E-state index in [1.54, 1.807) is 11.3 Å². The number of carbonyl (C=O) groups is 1. The highest BCUT2D eigenvalue weighted by Crippen LogP contribution is 2.29. The lowest BCUT2D eigenvalue weighted by Crippen LogP contribution is -2.48. The number of aromatic nitrogens is 3. The van der Waals surface area contributed by atoms with E-state index in [0.717, 1.165) is 40.4 Å². The van der Waals surface area contributed by atoms with Gasteiger partial charge in [0.15, 0.2) is 0 Å². The molecule has 1 N–H and O–H groups in total. The number of aryl methyl sites for hydroxylation is 1. The van der Waals surface area contributed by atoms with Crippen molar-refractivity contribution >= 4 is 28.3 Å². The molecule has 1 amide bonds. The summed E-state index contributed by atoms with van der Waals surface area (Å²) in [6, 6.07) is 14.3. The first-order valence-corrected chi connectivity index (χ1v) is 10.4. The van der Waals surface area contributed by atoms with Crippen LogP contribution in [0.4, 0.5) is 0 Å². The molecule has 0 unspecified atom stereocenters. The molecule has 1 saturated heterocycles. The average Bonchev–Trinajstić information content (AvgIpc) is 3.36. The van der Waals surface area contributed by atoms with Crippen molar-refractivity contribution in [3.8, 4) is 0 Å². The highest BCUT2D eigenvalue weighted by molar-refractivity contribution is 7.09. The third-order valence-electron chi connectivity index (χ3n) is 5.66. The summed E-state index contributed by atoms with van der Waals surface area (Å²) < 4.78 is 2.23. The summed E-state index contributed by atoms with van der Waals surface area (Å²) >= 11 is 1.75. The Labute approximate surface area is 167 Å². The molecule has 5 rings (SSSR count). The van der Waals surface area contributed by atoms with Gasteiger partial charge in [0.05, 0.1) is 29.1 Å². The van der Waals surface area contributed by atoms with Crippen LogP contribution in [0.3, 0.4) is 0 Å². The molecule has 0 radical (unpaired) electrons. The van der Waals surface area contributed by atoms with E-state index < -0.39 is 0 Å². The van der Waals surface area contributed by atoms with E-state index in [4.69, 9.17) is 0 Å². The molecule has 3 aromatic heterocycles. The highest BCUT2D eigenvalue weighted by Gasteiger charge is 2.35. The molecule has 0 aliphatic carbocycles. The molecule has 0 bridgehead atoms. The summed E-state index contributed by atoms with van der Waals surface area (Å²) in [5, 5.41) is 2.09. The summed E-state index contributed by atoms with van der Waals surface area (Å²) in [5.74, 6) is 1.39. The number of benzene rings is 1. The van der Waals surface area contributed by atoms with Crippen LogP contribution < -0.4 is 0 Å². The first-order chi connectivity index (χ1) is 13.6. The predicted molar refractivity (Wildman–Crippen MR) is 112 cm³/mol. The molecule has 5 nitrogen and oxygen atoms in total. The SMILES string of the molecule is Cc1cc(C(=O)N2CC(c3nc4ccccc4[nH]3)C2)c(C)n1Cc1cccs1. The Kier molecular flexibility index (Phi) is 4.09. The molecule has 0 saturated carbocycles. The van der Waals surface area contributed by atoms with Crippen LogP contribution in [-0.2, 0) is 6.54 Å². The van der Waals surface area contributed by atoms with Crippen molar-refractivity contribution in [3.63, 3.8) is 0 Å². The zero-order valence-corrected chi connectivity index (χ0v) is 16.8. The summed E-state index contributed by atoms with van der Waals surface area (Å²) in [7, 11) is 0. The minimum absolute atomic E-state index is 0.123. The van der Waals surface area contributed by atoms with Crippen LogP contribution in [0, 0.1) is 13.8 Å². The van der Waals surface area contributed by atoms with Gasteiger partial charge in [0.2, 0.25) is 0 Å². The van der Waals surface area contributed by atoms with Crippen LogP contribution in [-0.4, -0.2) is 38.4 Å². The topological polar surface area (TPSA) is 53.9 Å². The van der Waals surface area contributed by atoms with Crippen LogP contribution in [0.5, 0.6) is 0 Å². The van der Waals surface area contributed by atoms with Gasteiger partial charge in [-0.3, -0.25) is 4.79 Å². The van der Waals surface area contributed by atoms with Gasteiger partial charge in [0, 0.05) is 29.4 Å². The molecule has 1 aliphatic heterocycles. The molecule has 1 aliphatic rings. The number of rotatable bonds is 4. The Morgan fingerprint density at radius 3 is 2.79 bits per heavy atom. The molecule has 28 heavy (non-hydrogen) atoms. The summed E-state index contributed by atoms with van der Waals surface area (Å²) in [6.07, 6.45) is 0. The number of nitrogens with one attached hydrogen (secondary N) is 1. The van der Waals surface area contributed by atoms with Crippen molar-refractivity contribution in [1.29, 1.82) is 0 Å². The number of aromatic amines is 1. The van der Waals surface area contributed by atoms with Crippen molar-refractivity contribution in [1.82, 2.24) is 19.4 Å². The molecule has 0 spiro atoms. The van der Waals surface area contributed by atoms with Crippen molar-refractivity contribution in [3.05, 3.63) is 75.5 Å². The lowest BCUT2D eigenvalue weighted by Gasteiger charge is -2.38. The van der Waals surface area contributed by atoms with Gasteiger partial charge in [0.1, 0.15) is 5.82 Å². The maximum Gasteiger partial charge on any atom is 0.255 e. The number of carbonyl (C=O) groups excluding carboxylic acids is 1. The Hall–Kier alpha value is -2.86. The second-order valence-corrected chi connectivity index (χ2v) is 8.53. The lowest BCUT2D eigenvalue weighted by molar-refractivity contribution is 0.0595. The van der Waals surface area contributed by atoms with Gasteiger partial charge in [-0.05, 0) is 43.5 Å². The quantitative estimate of drug-likeness (QED) is 0.564. The maximum absolute atomic E-state index is 13.0. The Bertz CT molecular complexity index is 1120. The van der Waals surface area contributed by atoms with E-state index >= 15 is 0 Å². The fourth-order valence-corrected chi connectivity index (χ4v) is 4.67. The predicted octanol–water partition coefficient (Wildman–Crippen LogP) is 4.33. The van der Waals surface area contributed by atoms with Crippen LogP contribution in [0.2, 0.25) is 0 Å². The molecule has 6 heteroatoms. The second-order valence-electron chi connectivity index (χ2n) is 7.50. The van der Waals surface area contributed by atoms with Crippen LogP contribution in [0.15, 0.2) is 47.8 Å². The number of likely N-dealkylation sites (tertiary alicyclic amines) is 1. The largest absolute Gasteiger partial charge is 0.343 e. The van der Waals surface area contributed by atoms with Crippen molar-refractivity contribution in [2.24, 2.45) is 0 Å². The third-order valence-corrected chi connectivity index (χ3v) is 6.52. The van der Waals surface area contributed by atoms with E-state index in [1.807, 2.05) is 42.2 Å². The van der Waals surface area contributed by atoms with E-state index in [-0.39, 0.29) is 11.8 Å². The van der Waals surface area contributed by atoms with Crippen LogP contribution >= 0.6 is 11.3 Å². The van der Waals surface area contributed by atoms with E-state index in [9.17, 15) is 4.79 Å². The summed E-state index contributed by atoms with van der Waals surface area (Å²) in [5.41, 5.74) is 5.03. The minimum atomic E-state index is 0.123. The highest BCUT2D eigenvalue weighted by atomic mass is 32.1. The number of nitrogens with zero attached hydrogens (tertiary/aromatic N) is 3. The maximum atomic E-state index is 13.0. The molecular weight excluding hydrogens is 368 g/mol. The first kappa shape index (κ1) is 17.3. The monoisotopic (exact) mass is 390 g/mol. The number of imidazole rings is 1. The van der Waals surface area contributed by atoms with Gasteiger partial charge in [-0.2, -0.15) is 0 Å². The van der Waals surface area contributed by atoms with Crippen molar-refractivity contribution in [2.75, 3.05) is 13.1 Å². The van der Waals surface area contributed by atoms with Crippen molar-refractivity contribution < 1.29 is 4.79 Å². The number of hydrogen-bond donors (Lipinski definition) is 1. The third kappa shape index (κ3) is 2.85. The zero-order valence-electron chi connectivity index (χ0n) is 16.0. The number of fused-ring (bicyclic) bond motifs is 1. The Balaban J connectivity index is 1.31. The first-order valence-electron chi connectivity index (χ1n) is 9.53. The van der Waals surface area contributed by atoms with Gasteiger partial charge in [-0.25, -0.2) is 4.98 Å². The smallest absolute Gasteiger partial charge is 0.255 e. The average molecular weight is 391 g/mol. The van der Waals surface area contributed by atoms with E-state index in [2.05, 4.69) is 39.0 Å². The molecule has 142 valence electrons. The molecule has 1 fully saturated rings. The summed E-state index contributed by atoms with van der Waals surface area (Å²) in [6.45, 7) is 6.37. The molecule has 1 aromatic carbocycles. The van der Waals surface area contributed by atoms with Gasteiger partial charge in [0.25, 0.3) is 5.91 Å². The standard InChI is InChI=1S/C22H22N4OS/c1-14-10-18(15(2)26(14)13-17-6-5-9-28-17)22(27)25-11-16(12-25)21-23-19-7-3-4-8-20(19)24-21/h3-10,16H,11-13H2,1-2H3,(H,23,24). The number of amides is 1. The van der Waals surface area contributed by atoms with Crippen LogP contribution in [0.1, 0.15) is 38.4 Å². The zero-order chi connectivity index (χ0) is 19.3. The fourth-order valence-electron chi connectivity index (χ4n) is 3.97. The number of thiophene rings is 1. The van der Waals surface area contributed by atoms with E-state index in [1.165, 1.54) is 4.88 Å². The Morgan fingerprint density at radius 1 is 1.21 bits per heavy atom. The normalized spacial score (nSPS) is 14.6. The van der Waals surface area contributed by atoms with Crippen molar-refractivity contribution in [2.45, 2.75) is 26.3 Å². The molecule has 0 atom stereocenters. The molecule has 4 aromatic rings. The second kappa shape index (κ2) is 6.63. The fraction of sp³-hybridized carbons (Fsp3) is 0.273. The lowest BCUT2D eigenvalue weighted by atomic mass is 9.98. The van der Waals surface area contributed by atoms with Gasteiger partial charge in [-0.1, -0.05) is 18.2 Å². The molecular formula is C22H22N4OS. The van der Waals surface area contributed by atoms with Gasteiger partial charge in [-0.15, -0.1) is 11.3 Å². The minimum Gasteiger partial charge on any atom is -0.343 e. The van der Waals surface area contributed by atoms with E-state index in [0.29, 0.717) is 13.1 Å². The van der Waals surface area contributed by atoms with Gasteiger partial charge >= 0.3 is 0 Å². The van der Waals surface area contributed by atoms with Crippen LogP contribution in [0.25, 0.3) is 11.0 Å².